The molecule has 1 amide bonds. The van der Waals surface area contributed by atoms with Crippen LogP contribution in [0.3, 0.4) is 0 Å². The third-order valence-electron chi connectivity index (χ3n) is 3.43. The molecular weight excluding hydrogens is 418 g/mol. The zero-order chi connectivity index (χ0) is 17.8. The van der Waals surface area contributed by atoms with Gasteiger partial charge in [0.25, 0.3) is 0 Å². The average Bonchev–Trinajstić information content (AvgIpc) is 3.05. The number of halogens is 1. The number of nitrogens with zero attached hydrogens (tertiary/aromatic N) is 2. The van der Waals surface area contributed by atoms with Crippen molar-refractivity contribution in [2.75, 3.05) is 6.54 Å². The van der Waals surface area contributed by atoms with Gasteiger partial charge in [-0.2, -0.15) is 0 Å². The molecule has 7 heteroatoms. The maximum absolute atomic E-state index is 12.0. The van der Waals surface area contributed by atoms with E-state index in [4.69, 9.17) is 6.42 Å². The van der Waals surface area contributed by atoms with E-state index in [1.54, 1.807) is 11.3 Å². The molecule has 126 valence electrons. The van der Waals surface area contributed by atoms with Crippen LogP contribution in [0.1, 0.15) is 6.92 Å². The normalized spacial score (nSPS) is 11.9. The number of carbonyl (C=O) groups excluding carboxylic acids is 1. The summed E-state index contributed by atoms with van der Waals surface area (Å²) in [6.45, 7) is 2.07. The molecule has 2 aromatic heterocycles. The Kier molecular flexibility index (Phi) is 5.74. The number of rotatable bonds is 5. The molecule has 1 N–H and O–H groups in total. The van der Waals surface area contributed by atoms with Crippen LogP contribution < -0.4 is 5.32 Å². The van der Waals surface area contributed by atoms with E-state index in [2.05, 4.69) is 55.3 Å². The standard InChI is InChI=1S/C18H14BrN3OS2/c1-3-8-20-17(23)11(2)24-18-16-14(21-10-22-18)9-15(25-16)12-4-6-13(19)7-5-12/h1,4-7,9-11H,8H2,2H3,(H,20,23). The highest BCUT2D eigenvalue weighted by Crippen LogP contribution is 2.38. The van der Waals surface area contributed by atoms with Crippen LogP contribution in [0.2, 0.25) is 0 Å². The van der Waals surface area contributed by atoms with E-state index >= 15 is 0 Å². The van der Waals surface area contributed by atoms with Gasteiger partial charge in [0, 0.05) is 9.35 Å². The first-order valence-corrected chi connectivity index (χ1v) is 9.95. The number of fused-ring (bicyclic) bond motifs is 1. The number of terminal acetylenes is 1. The van der Waals surface area contributed by atoms with E-state index < -0.39 is 0 Å². The van der Waals surface area contributed by atoms with Crippen LogP contribution in [0.15, 0.2) is 46.2 Å². The Morgan fingerprint density at radius 2 is 2.16 bits per heavy atom. The minimum atomic E-state index is -0.287. The van der Waals surface area contributed by atoms with Crippen LogP contribution in [0.5, 0.6) is 0 Å². The van der Waals surface area contributed by atoms with Gasteiger partial charge < -0.3 is 5.32 Å². The molecule has 0 fully saturated rings. The third kappa shape index (κ3) is 4.21. The Bertz CT molecular complexity index is 947. The van der Waals surface area contributed by atoms with Crippen molar-refractivity contribution in [2.24, 2.45) is 0 Å². The maximum Gasteiger partial charge on any atom is 0.234 e. The first-order chi connectivity index (χ1) is 12.1. The van der Waals surface area contributed by atoms with Gasteiger partial charge in [-0.3, -0.25) is 4.79 Å². The lowest BCUT2D eigenvalue weighted by atomic mass is 10.2. The summed E-state index contributed by atoms with van der Waals surface area (Å²) in [6.07, 6.45) is 6.71. The number of hydrogen-bond donors (Lipinski definition) is 1. The van der Waals surface area contributed by atoms with Gasteiger partial charge in [-0.1, -0.05) is 45.7 Å². The predicted molar refractivity (Wildman–Crippen MR) is 108 cm³/mol. The predicted octanol–water partition coefficient (Wildman–Crippen LogP) is 4.35. The minimum Gasteiger partial charge on any atom is -0.344 e. The van der Waals surface area contributed by atoms with Gasteiger partial charge in [0.1, 0.15) is 11.4 Å². The van der Waals surface area contributed by atoms with Gasteiger partial charge in [0.05, 0.1) is 22.0 Å². The molecule has 1 unspecified atom stereocenters. The lowest BCUT2D eigenvalue weighted by Crippen LogP contribution is -2.31. The zero-order valence-corrected chi connectivity index (χ0v) is 16.5. The molecule has 0 saturated heterocycles. The Morgan fingerprint density at radius 3 is 2.88 bits per heavy atom. The topological polar surface area (TPSA) is 54.9 Å². The number of carbonyl (C=O) groups is 1. The highest BCUT2D eigenvalue weighted by molar-refractivity contribution is 9.10. The number of nitrogens with one attached hydrogen (secondary N) is 1. The van der Waals surface area contributed by atoms with Crippen molar-refractivity contribution in [1.82, 2.24) is 15.3 Å². The molecule has 0 aliphatic heterocycles. The second kappa shape index (κ2) is 8.00. The van der Waals surface area contributed by atoms with Crippen LogP contribution in [0, 0.1) is 12.3 Å². The van der Waals surface area contributed by atoms with Gasteiger partial charge in [-0.25, -0.2) is 9.97 Å². The van der Waals surface area contributed by atoms with E-state index in [1.165, 1.54) is 18.1 Å². The minimum absolute atomic E-state index is 0.0978. The molecule has 0 spiro atoms. The van der Waals surface area contributed by atoms with Gasteiger partial charge in [-0.05, 0) is 30.7 Å². The lowest BCUT2D eigenvalue weighted by molar-refractivity contribution is -0.120. The molecule has 0 aliphatic rings. The fourth-order valence-corrected chi connectivity index (χ4v) is 4.56. The Morgan fingerprint density at radius 1 is 1.40 bits per heavy atom. The molecule has 4 nitrogen and oxygen atoms in total. The molecule has 1 atom stereocenters. The molecule has 3 rings (SSSR count). The van der Waals surface area contributed by atoms with Crippen molar-refractivity contribution < 1.29 is 4.79 Å². The Labute approximate surface area is 162 Å². The highest BCUT2D eigenvalue weighted by atomic mass is 79.9. The lowest BCUT2D eigenvalue weighted by Gasteiger charge is -2.10. The van der Waals surface area contributed by atoms with Crippen molar-refractivity contribution in [3.63, 3.8) is 0 Å². The van der Waals surface area contributed by atoms with Gasteiger partial charge in [-0.15, -0.1) is 17.8 Å². The average molecular weight is 432 g/mol. The molecule has 3 aromatic rings. The number of hydrogen-bond acceptors (Lipinski definition) is 5. The van der Waals surface area contributed by atoms with E-state index in [1.807, 2.05) is 19.1 Å². The summed E-state index contributed by atoms with van der Waals surface area (Å²) in [7, 11) is 0. The van der Waals surface area contributed by atoms with Crippen molar-refractivity contribution >= 4 is 55.2 Å². The van der Waals surface area contributed by atoms with Crippen LogP contribution in [-0.2, 0) is 4.79 Å². The van der Waals surface area contributed by atoms with Crippen molar-refractivity contribution in [1.29, 1.82) is 0 Å². The number of benzene rings is 1. The Balaban J connectivity index is 1.88. The highest BCUT2D eigenvalue weighted by Gasteiger charge is 2.18. The Hall–Kier alpha value is -1.88. The summed E-state index contributed by atoms with van der Waals surface area (Å²) in [5.74, 6) is 2.31. The quantitative estimate of drug-likeness (QED) is 0.370. The first-order valence-electron chi connectivity index (χ1n) is 7.47. The van der Waals surface area contributed by atoms with E-state index in [0.29, 0.717) is 0 Å². The maximum atomic E-state index is 12.0. The summed E-state index contributed by atoms with van der Waals surface area (Å²) >= 11 is 6.49. The monoisotopic (exact) mass is 431 g/mol. The molecule has 0 radical (unpaired) electrons. The SMILES string of the molecule is C#CCNC(=O)C(C)Sc1ncnc2cc(-c3ccc(Br)cc3)sc12. The third-order valence-corrected chi connectivity index (χ3v) is 6.37. The van der Waals surface area contributed by atoms with Gasteiger partial charge in [0.15, 0.2) is 0 Å². The summed E-state index contributed by atoms with van der Waals surface area (Å²) in [6, 6.07) is 10.2. The molecule has 0 bridgehead atoms. The molecular formula is C18H14BrN3OS2. The van der Waals surface area contributed by atoms with Crippen LogP contribution in [-0.4, -0.2) is 27.7 Å². The van der Waals surface area contributed by atoms with Crippen molar-refractivity contribution in [3.8, 4) is 22.8 Å². The van der Waals surface area contributed by atoms with Crippen LogP contribution >= 0.6 is 39.0 Å². The number of amides is 1. The second-order valence-corrected chi connectivity index (χ2v) is 8.49. The molecule has 0 aliphatic carbocycles. The summed E-state index contributed by atoms with van der Waals surface area (Å²) < 4.78 is 2.03. The fraction of sp³-hybridized carbons (Fsp3) is 0.167. The molecule has 25 heavy (non-hydrogen) atoms. The molecule has 0 saturated carbocycles. The number of aromatic nitrogens is 2. The van der Waals surface area contributed by atoms with Crippen LogP contribution in [0.4, 0.5) is 0 Å². The summed E-state index contributed by atoms with van der Waals surface area (Å²) in [5.41, 5.74) is 2.01. The number of thiophene rings is 1. The van der Waals surface area contributed by atoms with E-state index in [9.17, 15) is 4.79 Å². The largest absolute Gasteiger partial charge is 0.344 e. The molecule has 2 heterocycles. The fourth-order valence-electron chi connectivity index (χ4n) is 2.18. The molecule has 1 aromatic carbocycles. The van der Waals surface area contributed by atoms with Gasteiger partial charge in [0.2, 0.25) is 5.91 Å². The zero-order valence-electron chi connectivity index (χ0n) is 13.3. The van der Waals surface area contributed by atoms with E-state index in [-0.39, 0.29) is 17.7 Å². The second-order valence-electron chi connectivity index (χ2n) is 5.19. The summed E-state index contributed by atoms with van der Waals surface area (Å²) in [5, 5.41) is 3.22. The van der Waals surface area contributed by atoms with E-state index in [0.717, 1.165) is 30.2 Å². The summed E-state index contributed by atoms with van der Waals surface area (Å²) in [4.78, 5) is 21.9. The smallest absolute Gasteiger partial charge is 0.234 e. The van der Waals surface area contributed by atoms with Crippen LogP contribution in [0.25, 0.3) is 20.7 Å². The van der Waals surface area contributed by atoms with Gasteiger partial charge >= 0.3 is 0 Å². The first kappa shape index (κ1) is 17.9. The van der Waals surface area contributed by atoms with Crippen molar-refractivity contribution in [2.45, 2.75) is 17.2 Å². The number of thioether (sulfide) groups is 1. The van der Waals surface area contributed by atoms with Crippen molar-refractivity contribution in [3.05, 3.63) is 41.1 Å².